The van der Waals surface area contributed by atoms with Gasteiger partial charge in [-0.05, 0) is 112 Å². The summed E-state index contributed by atoms with van der Waals surface area (Å²) in [6.45, 7) is 0. The number of hydrogen-bond acceptors (Lipinski definition) is 2. The van der Waals surface area contributed by atoms with Gasteiger partial charge in [0.1, 0.15) is 11.2 Å². The standard InChI is InChI=1S/C50H32N2O/c1-3-14-37(15-4-1)51(39-26-24-33-12-7-8-13-35(33)30-39)40-27-29-47-44(32-40)50-43-31-36(23-22-34(43)25-28-48(50)53-47)41-19-11-21-46-49(41)42-18-9-10-20-45(42)52(46)38-16-5-2-6-17-38/h1-32H. The summed E-state index contributed by atoms with van der Waals surface area (Å²) >= 11 is 0. The molecule has 11 rings (SSSR count). The molecule has 3 nitrogen and oxygen atoms in total. The van der Waals surface area contributed by atoms with Crippen LogP contribution in [-0.4, -0.2) is 4.57 Å². The van der Waals surface area contributed by atoms with Crippen LogP contribution in [0.3, 0.4) is 0 Å². The fraction of sp³-hybridized carbons (Fsp3) is 0. The molecular weight excluding hydrogens is 645 g/mol. The Morgan fingerprint density at radius 1 is 0.377 bits per heavy atom. The molecule has 0 amide bonds. The lowest BCUT2D eigenvalue weighted by atomic mass is 9.95. The van der Waals surface area contributed by atoms with E-state index >= 15 is 0 Å². The molecule has 0 atom stereocenters. The van der Waals surface area contributed by atoms with Crippen molar-refractivity contribution in [1.29, 1.82) is 0 Å². The summed E-state index contributed by atoms with van der Waals surface area (Å²) in [5.41, 5.74) is 11.0. The van der Waals surface area contributed by atoms with E-state index in [9.17, 15) is 0 Å². The van der Waals surface area contributed by atoms with E-state index in [0.29, 0.717) is 0 Å². The number of para-hydroxylation sites is 3. The minimum Gasteiger partial charge on any atom is -0.456 e. The predicted octanol–water partition coefficient (Wildman–Crippen LogP) is 14.1. The molecule has 2 heterocycles. The minimum absolute atomic E-state index is 0.876. The maximum absolute atomic E-state index is 6.57. The molecule has 9 aromatic carbocycles. The highest BCUT2D eigenvalue weighted by molar-refractivity contribution is 6.21. The lowest BCUT2D eigenvalue weighted by Gasteiger charge is -2.26. The minimum atomic E-state index is 0.876. The van der Waals surface area contributed by atoms with Crippen molar-refractivity contribution >= 4 is 82.4 Å². The van der Waals surface area contributed by atoms with Crippen molar-refractivity contribution in [3.63, 3.8) is 0 Å². The first-order valence-electron chi connectivity index (χ1n) is 18.1. The first-order chi connectivity index (χ1) is 26.3. The molecule has 0 radical (unpaired) electrons. The fourth-order valence-electron chi connectivity index (χ4n) is 8.35. The van der Waals surface area contributed by atoms with Gasteiger partial charge in [-0.25, -0.2) is 0 Å². The maximum Gasteiger partial charge on any atom is 0.136 e. The molecule has 0 saturated carbocycles. The molecule has 53 heavy (non-hydrogen) atoms. The normalized spacial score (nSPS) is 11.8. The number of aromatic nitrogens is 1. The quantitative estimate of drug-likeness (QED) is 0.181. The second-order valence-electron chi connectivity index (χ2n) is 13.7. The number of anilines is 3. The molecule has 0 aliphatic heterocycles. The summed E-state index contributed by atoms with van der Waals surface area (Å²) in [6.07, 6.45) is 0. The van der Waals surface area contributed by atoms with Crippen molar-refractivity contribution in [2.24, 2.45) is 0 Å². The second-order valence-corrected chi connectivity index (χ2v) is 13.7. The number of nitrogens with zero attached hydrogens (tertiary/aromatic N) is 2. The van der Waals surface area contributed by atoms with Crippen molar-refractivity contribution < 1.29 is 4.42 Å². The van der Waals surface area contributed by atoms with E-state index < -0.39 is 0 Å². The molecule has 2 aromatic heterocycles. The van der Waals surface area contributed by atoms with Crippen LogP contribution in [0.5, 0.6) is 0 Å². The van der Waals surface area contributed by atoms with Gasteiger partial charge in [0.2, 0.25) is 0 Å². The molecule has 0 fully saturated rings. The van der Waals surface area contributed by atoms with Crippen molar-refractivity contribution in [3.8, 4) is 16.8 Å². The molecule has 0 saturated heterocycles. The van der Waals surface area contributed by atoms with E-state index in [2.05, 4.69) is 204 Å². The average molecular weight is 677 g/mol. The van der Waals surface area contributed by atoms with Gasteiger partial charge in [-0.2, -0.15) is 0 Å². The highest BCUT2D eigenvalue weighted by Crippen LogP contribution is 2.43. The SMILES string of the molecule is c1ccc(N(c2ccc3ccccc3c2)c2ccc3oc4ccc5ccc(-c6cccc7c6c6ccccc6n7-c6ccccc6)cc5c4c3c2)cc1. The monoisotopic (exact) mass is 676 g/mol. The van der Waals surface area contributed by atoms with E-state index in [4.69, 9.17) is 4.42 Å². The number of fused-ring (bicyclic) bond motifs is 9. The Morgan fingerprint density at radius 2 is 1.06 bits per heavy atom. The lowest BCUT2D eigenvalue weighted by molar-refractivity contribution is 0.669. The molecule has 0 unspecified atom stereocenters. The molecule has 3 heteroatoms. The van der Waals surface area contributed by atoms with Gasteiger partial charge < -0.3 is 13.9 Å². The maximum atomic E-state index is 6.57. The lowest BCUT2D eigenvalue weighted by Crippen LogP contribution is -2.09. The zero-order valence-electron chi connectivity index (χ0n) is 28.8. The van der Waals surface area contributed by atoms with Crippen LogP contribution in [0.1, 0.15) is 0 Å². The van der Waals surface area contributed by atoms with Gasteiger partial charge in [-0.3, -0.25) is 0 Å². The summed E-state index contributed by atoms with van der Waals surface area (Å²) in [7, 11) is 0. The topological polar surface area (TPSA) is 21.3 Å². The molecule has 0 aliphatic rings. The van der Waals surface area contributed by atoms with E-state index in [1.807, 2.05) is 0 Å². The Hall–Kier alpha value is -7.10. The third-order valence-corrected chi connectivity index (χ3v) is 10.7. The van der Waals surface area contributed by atoms with Crippen LogP contribution < -0.4 is 4.90 Å². The third-order valence-electron chi connectivity index (χ3n) is 10.7. The largest absolute Gasteiger partial charge is 0.456 e. The van der Waals surface area contributed by atoms with E-state index in [1.165, 1.54) is 54.5 Å². The number of rotatable bonds is 5. The number of furan rings is 1. The summed E-state index contributed by atoms with van der Waals surface area (Å²) in [5.74, 6) is 0. The van der Waals surface area contributed by atoms with Crippen molar-refractivity contribution in [2.45, 2.75) is 0 Å². The first-order valence-corrected chi connectivity index (χ1v) is 18.1. The van der Waals surface area contributed by atoms with Crippen LogP contribution in [0, 0.1) is 0 Å². The first kappa shape index (κ1) is 29.6. The predicted molar refractivity (Wildman–Crippen MR) is 223 cm³/mol. The molecule has 0 bridgehead atoms. The molecule has 0 aliphatic carbocycles. The van der Waals surface area contributed by atoms with E-state index in [-0.39, 0.29) is 0 Å². The van der Waals surface area contributed by atoms with E-state index in [0.717, 1.165) is 44.7 Å². The molecular formula is C50H32N2O. The Labute approximate surface area is 306 Å². The van der Waals surface area contributed by atoms with Crippen LogP contribution in [0.15, 0.2) is 199 Å². The van der Waals surface area contributed by atoms with Gasteiger partial charge >= 0.3 is 0 Å². The average Bonchev–Trinajstić information content (AvgIpc) is 3.77. The van der Waals surface area contributed by atoms with Crippen LogP contribution >= 0.6 is 0 Å². The smallest absolute Gasteiger partial charge is 0.136 e. The molecule has 248 valence electrons. The van der Waals surface area contributed by atoms with Crippen LogP contribution in [-0.2, 0) is 0 Å². The van der Waals surface area contributed by atoms with Gasteiger partial charge in [0.05, 0.1) is 11.0 Å². The summed E-state index contributed by atoms with van der Waals surface area (Å²) in [5, 5.41) is 9.52. The van der Waals surface area contributed by atoms with Crippen molar-refractivity contribution in [3.05, 3.63) is 194 Å². The highest BCUT2D eigenvalue weighted by Gasteiger charge is 2.19. The van der Waals surface area contributed by atoms with Gasteiger partial charge in [-0.1, -0.05) is 115 Å². The van der Waals surface area contributed by atoms with Crippen molar-refractivity contribution in [1.82, 2.24) is 4.57 Å². The zero-order valence-corrected chi connectivity index (χ0v) is 28.8. The molecule has 0 spiro atoms. The van der Waals surface area contributed by atoms with Crippen LogP contribution in [0.25, 0.3) is 82.1 Å². The summed E-state index contributed by atoms with van der Waals surface area (Å²) in [6, 6.07) is 69.7. The Balaban J connectivity index is 1.13. The van der Waals surface area contributed by atoms with E-state index in [1.54, 1.807) is 0 Å². The fourth-order valence-corrected chi connectivity index (χ4v) is 8.35. The Morgan fingerprint density at radius 3 is 1.94 bits per heavy atom. The van der Waals surface area contributed by atoms with Crippen molar-refractivity contribution in [2.75, 3.05) is 4.90 Å². The Bertz CT molecular complexity index is 3170. The summed E-state index contributed by atoms with van der Waals surface area (Å²) in [4.78, 5) is 2.34. The zero-order chi connectivity index (χ0) is 34.9. The second kappa shape index (κ2) is 11.7. The van der Waals surface area contributed by atoms with Crippen LogP contribution in [0.2, 0.25) is 0 Å². The van der Waals surface area contributed by atoms with Gasteiger partial charge in [0.25, 0.3) is 0 Å². The molecule has 0 N–H and O–H groups in total. The van der Waals surface area contributed by atoms with Gasteiger partial charge in [0.15, 0.2) is 0 Å². The Kier molecular flexibility index (Phi) is 6.55. The van der Waals surface area contributed by atoms with Gasteiger partial charge in [-0.15, -0.1) is 0 Å². The molecule has 11 aromatic rings. The van der Waals surface area contributed by atoms with Gasteiger partial charge in [0, 0.05) is 44.3 Å². The summed E-state index contributed by atoms with van der Waals surface area (Å²) < 4.78 is 8.95. The van der Waals surface area contributed by atoms with Crippen LogP contribution in [0.4, 0.5) is 17.1 Å². The highest BCUT2D eigenvalue weighted by atomic mass is 16.3. The number of hydrogen-bond donors (Lipinski definition) is 0. The third kappa shape index (κ3) is 4.68. The number of benzene rings is 9.